The second kappa shape index (κ2) is 5.60. The van der Waals surface area contributed by atoms with Gasteiger partial charge in [0.2, 0.25) is 0 Å². The maximum Gasteiger partial charge on any atom is 0.165 e. The second-order valence-corrected chi connectivity index (χ2v) is 4.63. The average Bonchev–Trinajstić information content (AvgIpc) is 2.20. The van der Waals surface area contributed by atoms with Gasteiger partial charge in [-0.25, -0.2) is 0 Å². The molecule has 0 saturated heterocycles. The molecule has 0 saturated carbocycles. The third-order valence-corrected chi connectivity index (χ3v) is 3.66. The van der Waals surface area contributed by atoms with Crippen LogP contribution in [0.4, 0.5) is 0 Å². The van der Waals surface area contributed by atoms with Crippen molar-refractivity contribution in [2.45, 2.75) is 6.42 Å². The Morgan fingerprint density at radius 2 is 1.67 bits per heavy atom. The second-order valence-electron chi connectivity index (χ2n) is 2.71. The Hall–Kier alpha value is 0.340. The van der Waals surface area contributed by atoms with Crippen molar-refractivity contribution in [1.29, 1.82) is 0 Å². The Labute approximate surface area is 112 Å². The van der Waals surface area contributed by atoms with E-state index in [1.165, 1.54) is 6.07 Å². The largest absolute Gasteiger partial charge is 0.294 e. The average molecular weight is 306 g/mol. The van der Waals surface area contributed by atoms with Crippen molar-refractivity contribution in [1.82, 2.24) is 0 Å². The van der Waals surface area contributed by atoms with Crippen molar-refractivity contribution in [2.24, 2.45) is 0 Å². The van der Waals surface area contributed by atoms with Gasteiger partial charge in [0.1, 0.15) is 0 Å². The number of hydrogen-bond acceptors (Lipinski definition) is 1. The summed E-state index contributed by atoms with van der Waals surface area (Å²) < 4.78 is 0. The van der Waals surface area contributed by atoms with Crippen LogP contribution in [0, 0.1) is 0 Å². The Kier molecular flexibility index (Phi) is 5.01. The van der Waals surface area contributed by atoms with Crippen LogP contribution in [0.25, 0.3) is 0 Å². The monoisotopic (exact) mass is 304 g/mol. The molecule has 0 bridgehead atoms. The molecular formula is C9H5Cl5O. The van der Waals surface area contributed by atoms with Crippen molar-refractivity contribution in [3.8, 4) is 0 Å². The zero-order valence-corrected chi connectivity index (χ0v) is 11.1. The molecule has 0 heterocycles. The van der Waals surface area contributed by atoms with Crippen LogP contribution in [0.2, 0.25) is 20.1 Å². The summed E-state index contributed by atoms with van der Waals surface area (Å²) in [7, 11) is 0. The standard InChI is InChI=1S/C9H5Cl5O/c10-2-1-6(15)4-3-5(11)8(13)9(14)7(4)12/h3H,1-2H2. The zero-order valence-electron chi connectivity index (χ0n) is 7.29. The molecule has 82 valence electrons. The van der Waals surface area contributed by atoms with E-state index in [1.54, 1.807) is 0 Å². The Morgan fingerprint density at radius 1 is 1.07 bits per heavy atom. The molecule has 1 rings (SSSR count). The van der Waals surface area contributed by atoms with E-state index < -0.39 is 0 Å². The summed E-state index contributed by atoms with van der Waals surface area (Å²) in [6.45, 7) is 0. The number of hydrogen-bond donors (Lipinski definition) is 0. The summed E-state index contributed by atoms with van der Waals surface area (Å²) in [5.41, 5.74) is 0.247. The van der Waals surface area contributed by atoms with Crippen molar-refractivity contribution < 1.29 is 4.79 Å². The number of carbonyl (C=O) groups excluding carboxylic acids is 1. The number of ketones is 1. The lowest BCUT2D eigenvalue weighted by Gasteiger charge is -2.07. The summed E-state index contributed by atoms with van der Waals surface area (Å²) in [5, 5.41) is 0.541. The van der Waals surface area contributed by atoms with Gasteiger partial charge in [0.05, 0.1) is 20.1 Å². The lowest BCUT2D eigenvalue weighted by molar-refractivity contribution is 0.0989. The minimum absolute atomic E-state index is 0.0868. The molecule has 0 unspecified atom stereocenters. The van der Waals surface area contributed by atoms with E-state index in [1.807, 2.05) is 0 Å². The first-order valence-corrected chi connectivity index (χ1v) is 5.95. The SMILES string of the molecule is O=C(CCCl)c1cc(Cl)c(Cl)c(Cl)c1Cl. The van der Waals surface area contributed by atoms with E-state index in [0.717, 1.165) is 0 Å². The summed E-state index contributed by atoms with van der Waals surface area (Å²) in [6, 6.07) is 1.40. The molecule has 1 aromatic rings. The quantitative estimate of drug-likeness (QED) is 0.328. The maximum absolute atomic E-state index is 11.6. The van der Waals surface area contributed by atoms with Gasteiger partial charge in [-0.2, -0.15) is 0 Å². The van der Waals surface area contributed by atoms with Crippen molar-refractivity contribution >= 4 is 63.8 Å². The Morgan fingerprint density at radius 3 is 2.20 bits per heavy atom. The van der Waals surface area contributed by atoms with Gasteiger partial charge >= 0.3 is 0 Å². The zero-order chi connectivity index (χ0) is 11.6. The minimum Gasteiger partial charge on any atom is -0.294 e. The van der Waals surface area contributed by atoms with Crippen LogP contribution in [0.5, 0.6) is 0 Å². The molecule has 1 aromatic carbocycles. The van der Waals surface area contributed by atoms with Gasteiger partial charge in [0.15, 0.2) is 5.78 Å². The predicted octanol–water partition coefficient (Wildman–Crippen LogP) is 5.11. The van der Waals surface area contributed by atoms with Crippen LogP contribution in [0.3, 0.4) is 0 Å². The summed E-state index contributed by atoms with van der Waals surface area (Å²) >= 11 is 28.6. The van der Waals surface area contributed by atoms with Crippen molar-refractivity contribution in [3.05, 3.63) is 31.7 Å². The molecule has 15 heavy (non-hydrogen) atoms. The first kappa shape index (κ1) is 13.4. The van der Waals surface area contributed by atoms with E-state index in [2.05, 4.69) is 0 Å². The summed E-state index contributed by atoms with van der Waals surface area (Å²) in [5.74, 6) is 0.00277. The van der Waals surface area contributed by atoms with Gasteiger partial charge in [-0.05, 0) is 6.07 Å². The van der Waals surface area contributed by atoms with Gasteiger partial charge < -0.3 is 0 Å². The van der Waals surface area contributed by atoms with E-state index in [0.29, 0.717) is 0 Å². The number of carbonyl (C=O) groups is 1. The fourth-order valence-electron chi connectivity index (χ4n) is 0.996. The van der Waals surface area contributed by atoms with Crippen LogP contribution in [0.15, 0.2) is 6.07 Å². The lowest BCUT2D eigenvalue weighted by atomic mass is 10.1. The van der Waals surface area contributed by atoms with Gasteiger partial charge in [0, 0.05) is 17.9 Å². The van der Waals surface area contributed by atoms with Gasteiger partial charge in [-0.1, -0.05) is 46.4 Å². The highest BCUT2D eigenvalue weighted by molar-refractivity contribution is 6.52. The highest BCUT2D eigenvalue weighted by atomic mass is 35.5. The van der Waals surface area contributed by atoms with E-state index in [4.69, 9.17) is 58.0 Å². The molecule has 0 fully saturated rings. The highest BCUT2D eigenvalue weighted by Crippen LogP contribution is 2.38. The normalized spacial score (nSPS) is 10.5. The van der Waals surface area contributed by atoms with Gasteiger partial charge in [-0.15, -0.1) is 11.6 Å². The third kappa shape index (κ3) is 2.92. The molecule has 0 aliphatic heterocycles. The van der Waals surface area contributed by atoms with E-state index in [-0.39, 0.29) is 43.7 Å². The maximum atomic E-state index is 11.6. The molecule has 0 aromatic heterocycles. The molecular weight excluding hydrogens is 301 g/mol. The van der Waals surface area contributed by atoms with Gasteiger partial charge in [0.25, 0.3) is 0 Å². The highest BCUT2D eigenvalue weighted by Gasteiger charge is 2.17. The molecule has 0 atom stereocenters. The molecule has 1 nitrogen and oxygen atoms in total. The molecule has 0 aliphatic carbocycles. The molecule has 0 aliphatic rings. The molecule has 0 N–H and O–H groups in total. The minimum atomic E-state index is -0.213. The molecule has 6 heteroatoms. The number of benzene rings is 1. The molecule has 0 spiro atoms. The fourth-order valence-corrected chi connectivity index (χ4v) is 2.08. The summed E-state index contributed by atoms with van der Waals surface area (Å²) in [4.78, 5) is 11.6. The number of halogens is 5. The first-order valence-electron chi connectivity index (χ1n) is 3.91. The third-order valence-electron chi connectivity index (χ3n) is 1.72. The Bertz CT molecular complexity index is 402. The number of Topliss-reactive ketones (excluding diaryl/α,β-unsaturated/α-hetero) is 1. The van der Waals surface area contributed by atoms with Crippen LogP contribution in [-0.2, 0) is 0 Å². The lowest BCUT2D eigenvalue weighted by Crippen LogP contribution is -2.01. The summed E-state index contributed by atoms with van der Waals surface area (Å²) in [6.07, 6.45) is 0.176. The predicted molar refractivity (Wildman–Crippen MR) is 66.1 cm³/mol. The smallest absolute Gasteiger partial charge is 0.165 e. The van der Waals surface area contributed by atoms with Crippen LogP contribution in [0.1, 0.15) is 16.8 Å². The Balaban J connectivity index is 3.26. The fraction of sp³-hybridized carbons (Fsp3) is 0.222. The van der Waals surface area contributed by atoms with Crippen molar-refractivity contribution in [2.75, 3.05) is 5.88 Å². The topological polar surface area (TPSA) is 17.1 Å². The number of alkyl halides is 1. The van der Waals surface area contributed by atoms with Crippen LogP contribution in [-0.4, -0.2) is 11.7 Å². The molecule has 0 radical (unpaired) electrons. The van der Waals surface area contributed by atoms with Crippen LogP contribution >= 0.6 is 58.0 Å². The number of rotatable bonds is 3. The molecule has 0 amide bonds. The van der Waals surface area contributed by atoms with E-state index in [9.17, 15) is 4.79 Å². The van der Waals surface area contributed by atoms with Crippen molar-refractivity contribution in [3.63, 3.8) is 0 Å². The first-order chi connectivity index (χ1) is 6.99. The van der Waals surface area contributed by atoms with E-state index >= 15 is 0 Å². The van der Waals surface area contributed by atoms with Crippen LogP contribution < -0.4 is 0 Å². The van der Waals surface area contributed by atoms with Gasteiger partial charge in [-0.3, -0.25) is 4.79 Å².